The lowest BCUT2D eigenvalue weighted by atomic mass is 10.1. The lowest BCUT2D eigenvalue weighted by molar-refractivity contribution is -0.0494. The Balaban J connectivity index is 0.000000130. The molecule has 12 aromatic heterocycles. The quantitative estimate of drug-likeness (QED) is 0.0642. The first-order valence-corrected chi connectivity index (χ1v) is 57.1. The Morgan fingerprint density at radius 3 is 1.07 bits per heavy atom. The van der Waals surface area contributed by atoms with Crippen LogP contribution in [0, 0.1) is 0 Å². The number of nitrogens with zero attached hydrogens (tertiary/aromatic N) is 22. The molecular formula is C59H65F6N31O24P6S9. The molecule has 0 amide bonds. The van der Waals surface area contributed by atoms with E-state index in [0.717, 1.165) is 58.7 Å². The summed E-state index contributed by atoms with van der Waals surface area (Å²) in [6.45, 7) is -29.5. The number of pyridine rings is 3. The van der Waals surface area contributed by atoms with Gasteiger partial charge in [0.25, 0.3) is 16.7 Å². The van der Waals surface area contributed by atoms with Gasteiger partial charge in [-0.1, -0.05) is 38.3 Å². The van der Waals surface area contributed by atoms with Crippen LogP contribution in [-0.2, 0) is 132 Å². The van der Waals surface area contributed by atoms with Gasteiger partial charge in [0.2, 0.25) is 17.8 Å². The molecule has 726 valence electrons. The van der Waals surface area contributed by atoms with Crippen LogP contribution in [0.5, 0.6) is 0 Å². The molecule has 0 aromatic carbocycles. The van der Waals surface area contributed by atoms with Gasteiger partial charge in [-0.3, -0.25) is 61.0 Å². The first-order valence-electron chi connectivity index (χ1n) is 38.6. The predicted molar refractivity (Wildman–Crippen MR) is 481 cm³/mol. The Bertz CT molecular complexity index is 6510. The van der Waals surface area contributed by atoms with E-state index in [-0.39, 0.29) is 85.0 Å². The maximum absolute atomic E-state index is 16.0. The minimum atomic E-state index is -4.38. The maximum atomic E-state index is 16.0. The second-order valence-electron chi connectivity index (χ2n) is 30.1. The van der Waals surface area contributed by atoms with Crippen molar-refractivity contribution in [2.75, 3.05) is 74.0 Å². The molecule has 0 spiro atoms. The number of thiol groups is 1. The molecule has 30 atom stereocenters. The second-order valence-corrected chi connectivity index (χ2v) is 51.0. The minimum absolute atomic E-state index is 0.0939. The fourth-order valence-electron chi connectivity index (χ4n) is 15.4. The van der Waals surface area contributed by atoms with Gasteiger partial charge < -0.3 is 100 Å². The number of alkyl halides is 6. The van der Waals surface area contributed by atoms with Gasteiger partial charge in [-0.15, -0.1) is 60.8 Å². The Morgan fingerprint density at radius 1 is 0.385 bits per heavy atom. The van der Waals surface area contributed by atoms with Gasteiger partial charge in [-0.25, -0.2) is 59.9 Å². The van der Waals surface area contributed by atoms with Crippen LogP contribution in [0.15, 0.2) is 63.4 Å². The summed E-state index contributed by atoms with van der Waals surface area (Å²) in [5, 5.41) is 32.6. The van der Waals surface area contributed by atoms with Crippen molar-refractivity contribution in [2.24, 2.45) is 0 Å². The van der Waals surface area contributed by atoms with Crippen molar-refractivity contribution < 1.29 is 124 Å². The SMILES string of the molecule is Nc1nc2c(nnn2[C@@H]2S[C@@H]3COP(=O)(S)O[C@H]4[C@H](F)[C@H](n5ccc6c(N)ccnc65)O[C@@H]4COP(O)(=S)O[C@@H]2[C@@H]3F)c(=O)[nH]1.Nc1nc2c(nnn2[C@@H]2S[C@@H]3COP(O)(=S)O[C@H]4[C@H](F)[C@H](n5nnc6c(N)ccnc65)O[C@@H]4COP(O)(=S)O[C@@H]2[C@@H]3F)c(=O)[nH]1.Nc1nc2c(nnn2[C@@H]2S[C@@H]3COP(O)(=S)O[C@H]4[C@H](F)[C@H](n5nnc6c(N)ccnc65)O[C@@H]4COP(O)(=S)O[C@@H]2[C@@H]3F)c(=O)[nH]1. The third-order valence-electron chi connectivity index (χ3n) is 21.5. The van der Waals surface area contributed by atoms with Crippen molar-refractivity contribution in [1.29, 1.82) is 0 Å². The van der Waals surface area contributed by atoms with Crippen LogP contribution in [0.2, 0.25) is 0 Å². The Hall–Kier alpha value is -6.91. The molecule has 9 aliphatic rings. The smallest absolute Gasteiger partial charge is 0.386 e. The number of hydrogen-bond acceptors (Lipinski definition) is 49. The number of anilines is 6. The molecule has 9 saturated heterocycles. The Kier molecular flexibility index (Phi) is 26.7. The number of nitrogens with one attached hydrogen (secondary N) is 3. The largest absolute Gasteiger partial charge is 0.398 e. The molecule has 21 rings (SSSR count). The van der Waals surface area contributed by atoms with Gasteiger partial charge in [0.15, 0.2) is 93.0 Å². The van der Waals surface area contributed by atoms with E-state index in [1.165, 1.54) is 41.5 Å². The van der Waals surface area contributed by atoms with E-state index in [4.69, 9.17) is 162 Å². The van der Waals surface area contributed by atoms with Crippen LogP contribution in [0.1, 0.15) is 34.8 Å². The highest BCUT2D eigenvalue weighted by Gasteiger charge is 2.59. The summed E-state index contributed by atoms with van der Waals surface area (Å²) in [6.07, 6.45) is -24.2. The number of nitrogen functional groups attached to an aromatic ring is 6. The summed E-state index contributed by atoms with van der Waals surface area (Å²) in [4.78, 5) is 123. The second kappa shape index (κ2) is 37.2. The molecule has 9 aliphatic heterocycles. The third kappa shape index (κ3) is 19.1. The lowest BCUT2D eigenvalue weighted by Crippen LogP contribution is -2.34. The molecule has 6 bridgehead atoms. The molecule has 135 heavy (non-hydrogen) atoms. The number of aromatic nitrogens is 25. The van der Waals surface area contributed by atoms with Crippen LogP contribution in [-0.4, -0.2) is 296 Å². The number of hydrogen-bond donors (Lipinski definition) is 15. The standard InChI is InChI=1S/C21H23F2N9O8P2S3.2C19H21F2N11O8P2S3/c22-11-10-6-37-42(35,44)39-14-9(38-19(12(14)23)31-4-2-7-8(24)1-3-26-16(7)31)5-36-41(34,43)40-15(11)20(45-10)32-17-13(29-30-32)18(33)28-21(25)27-17;2*20-8-7-4-37-42(35,44)39-12-6(38-17(9(12)21)31-14-10(27-29-31)5(22)1-2-24-14)3-36-41(34,43)40-13(8)18(45-7)32-15-11(28-30-32)16(33)26-19(23)25-15/h1-4,9-12,14-15,19-20H,5-6H2,(H2,24,26)(H,34,43)(H,35,44)(H3,25,27,28,33);2*1-2,6-9,12-13,17-18H,3-4H2,(H2,22,24)(H,34,43)(H,35,44)(H3,23,25,26,33)/t9-,10-,11-,12+,14-,15-,19-,20-,41?,42?;2*6-,7-,8-,9+,12-,13-,17-,18-,41?,42?/m111/s1. The van der Waals surface area contributed by atoms with Gasteiger partial charge in [0.05, 0.1) is 66.8 Å². The van der Waals surface area contributed by atoms with Gasteiger partial charge in [-0.05, 0) is 83.3 Å². The van der Waals surface area contributed by atoms with E-state index in [9.17, 15) is 43.4 Å². The Labute approximate surface area is 788 Å². The summed E-state index contributed by atoms with van der Waals surface area (Å²) >= 11 is 32.5. The van der Waals surface area contributed by atoms with Gasteiger partial charge in [-0.2, -0.15) is 24.3 Å². The summed E-state index contributed by atoms with van der Waals surface area (Å²) < 4.78 is 200. The number of fused-ring (bicyclic) bond motifs is 15. The molecule has 0 radical (unpaired) electrons. The molecular weight excluding hydrogens is 2120 g/mol. The highest BCUT2D eigenvalue weighted by molar-refractivity contribution is 8.44. The topological polar surface area (TPSA) is 747 Å². The number of ether oxygens (including phenoxy) is 3. The van der Waals surface area contributed by atoms with E-state index >= 15 is 26.3 Å². The molecule has 21 heterocycles. The van der Waals surface area contributed by atoms with Crippen LogP contribution >= 0.6 is 87.9 Å². The average molecular weight is 2180 g/mol. The highest BCUT2D eigenvalue weighted by Crippen LogP contribution is 2.64. The van der Waals surface area contributed by atoms with Crippen molar-refractivity contribution in [2.45, 2.75) is 143 Å². The molecule has 0 saturated carbocycles. The summed E-state index contributed by atoms with van der Waals surface area (Å²) in [6, 6.07) is 6.18. The third-order valence-corrected chi connectivity index (χ3v) is 35.4. The summed E-state index contributed by atoms with van der Waals surface area (Å²) in [5.74, 6) is -0.752. The lowest BCUT2D eigenvalue weighted by Gasteiger charge is -2.27. The predicted octanol–water partition coefficient (Wildman–Crippen LogP) is 1.90. The molecule has 12 aromatic rings. The zero-order valence-corrected chi connectivity index (χ0v) is 79.5. The zero-order chi connectivity index (χ0) is 95.5. The maximum Gasteiger partial charge on any atom is 0.386 e. The molecule has 6 unspecified atom stereocenters. The fraction of sp³-hybridized carbons (Fsp3) is 0.508. The number of thioether (sulfide) groups is 3. The van der Waals surface area contributed by atoms with Crippen LogP contribution in [0.4, 0.5) is 61.2 Å². The zero-order valence-electron chi connectivity index (χ0n) is 66.7. The van der Waals surface area contributed by atoms with E-state index < -0.39 is 239 Å². The molecule has 0 aliphatic carbocycles. The first kappa shape index (κ1) is 96.9. The van der Waals surface area contributed by atoms with Gasteiger partial charge in [0.1, 0.15) is 95.2 Å². The summed E-state index contributed by atoms with van der Waals surface area (Å²) in [5.41, 5.74) is 33.7. The van der Waals surface area contributed by atoms with Crippen LogP contribution in [0.3, 0.4) is 0 Å². The summed E-state index contributed by atoms with van der Waals surface area (Å²) in [7, 11) is 0. The molecule has 55 nitrogen and oxygen atoms in total. The van der Waals surface area contributed by atoms with E-state index in [1.54, 1.807) is 12.1 Å². The molecule has 20 N–H and O–H groups in total. The monoisotopic (exact) mass is 2180 g/mol. The van der Waals surface area contributed by atoms with Crippen molar-refractivity contribution in [3.8, 4) is 0 Å². The van der Waals surface area contributed by atoms with Crippen molar-refractivity contribution >= 4 is 249 Å². The number of aromatic amines is 3. The number of nitrogens with two attached hydrogens (primary N) is 6. The van der Waals surface area contributed by atoms with Crippen LogP contribution in [0.25, 0.3) is 66.9 Å². The average Bonchev–Trinajstić information content (AvgIpc) is 1.63. The molecule has 9 fully saturated rings. The number of H-pyrrole nitrogens is 3. The van der Waals surface area contributed by atoms with Crippen LogP contribution < -0.4 is 51.1 Å². The van der Waals surface area contributed by atoms with Gasteiger partial charge >= 0.3 is 40.4 Å². The van der Waals surface area contributed by atoms with E-state index in [1.807, 2.05) is 0 Å². The van der Waals surface area contributed by atoms with E-state index in [2.05, 4.69) is 109 Å². The van der Waals surface area contributed by atoms with Crippen molar-refractivity contribution in [3.63, 3.8) is 0 Å². The minimum Gasteiger partial charge on any atom is -0.398 e. The van der Waals surface area contributed by atoms with Gasteiger partial charge in [0, 0.05) is 35.9 Å². The normalized spacial score (nSPS) is 37.7. The molecule has 76 heteroatoms. The van der Waals surface area contributed by atoms with Crippen molar-refractivity contribution in [3.05, 3.63) is 80.1 Å². The highest BCUT2D eigenvalue weighted by atomic mass is 32.7. The van der Waals surface area contributed by atoms with Crippen molar-refractivity contribution in [1.82, 2.24) is 124 Å². The van der Waals surface area contributed by atoms with E-state index in [0.29, 0.717) is 16.7 Å². The Morgan fingerprint density at radius 2 is 0.689 bits per heavy atom. The fourth-order valence-corrected chi connectivity index (χ4v) is 28.9. The first-order chi connectivity index (χ1) is 63.9. The number of rotatable bonds is 6. The number of halogens is 6.